The van der Waals surface area contributed by atoms with Crippen LogP contribution in [0.2, 0.25) is 0 Å². The normalized spacial score (nSPS) is 12.1. The van der Waals surface area contributed by atoms with E-state index in [2.05, 4.69) is 10.3 Å². The van der Waals surface area contributed by atoms with Crippen molar-refractivity contribution in [3.8, 4) is 5.75 Å². The van der Waals surface area contributed by atoms with Gasteiger partial charge in [-0.25, -0.2) is 9.59 Å². The molecule has 0 saturated heterocycles. The highest BCUT2D eigenvalue weighted by Crippen LogP contribution is 2.12. The van der Waals surface area contributed by atoms with Crippen LogP contribution in [0.1, 0.15) is 18.9 Å². The summed E-state index contributed by atoms with van der Waals surface area (Å²) >= 11 is 0. The molecule has 3 rings (SSSR count). The number of carbonyl (C=O) groups is 2. The van der Waals surface area contributed by atoms with Gasteiger partial charge in [-0.2, -0.15) is 0 Å². The van der Waals surface area contributed by atoms with Crippen LogP contribution in [-0.4, -0.2) is 41.2 Å². The van der Waals surface area contributed by atoms with Gasteiger partial charge in [-0.1, -0.05) is 24.3 Å². The van der Waals surface area contributed by atoms with Gasteiger partial charge < -0.3 is 19.8 Å². The number of H-pyrrole nitrogens is 1. The number of ether oxygens (including phenoxy) is 2. The molecule has 0 saturated carbocycles. The molecular weight excluding hydrogens is 398 g/mol. The number of aryl methyl sites for hydroxylation is 1. The van der Waals surface area contributed by atoms with Gasteiger partial charge >= 0.3 is 11.7 Å². The number of aromatic amines is 1. The molecule has 2 aromatic carbocycles. The Morgan fingerprint density at radius 1 is 1.16 bits per heavy atom. The monoisotopic (exact) mass is 423 g/mol. The van der Waals surface area contributed by atoms with E-state index in [0.717, 1.165) is 22.3 Å². The molecule has 3 aromatic rings. The van der Waals surface area contributed by atoms with Crippen molar-refractivity contribution < 1.29 is 19.1 Å². The van der Waals surface area contributed by atoms with E-state index in [9.17, 15) is 14.4 Å². The lowest BCUT2D eigenvalue weighted by atomic mass is 10.2. The Bertz CT molecular complexity index is 1130. The number of amides is 1. The second kappa shape index (κ2) is 10.3. The van der Waals surface area contributed by atoms with E-state index in [-0.39, 0.29) is 12.3 Å². The predicted octanol–water partition coefficient (Wildman–Crippen LogP) is 2.49. The molecule has 0 aliphatic rings. The van der Waals surface area contributed by atoms with Crippen LogP contribution in [0.15, 0.2) is 59.4 Å². The topological polar surface area (TPSA) is 102 Å². The molecule has 0 unspecified atom stereocenters. The number of nitrogens with zero attached hydrogens (tertiary/aromatic N) is 1. The van der Waals surface area contributed by atoms with Crippen LogP contribution in [-0.2, 0) is 20.9 Å². The summed E-state index contributed by atoms with van der Waals surface area (Å²) in [6, 6.07) is 13.8. The zero-order valence-corrected chi connectivity index (χ0v) is 17.5. The van der Waals surface area contributed by atoms with Crippen molar-refractivity contribution >= 4 is 29.0 Å². The minimum atomic E-state index is -0.788. The number of benzene rings is 2. The third-order valence-electron chi connectivity index (χ3n) is 4.71. The number of methoxy groups -OCH3 is 1. The Morgan fingerprint density at radius 3 is 2.65 bits per heavy atom. The van der Waals surface area contributed by atoms with Crippen LogP contribution < -0.4 is 15.7 Å². The van der Waals surface area contributed by atoms with E-state index in [1.807, 2.05) is 36.4 Å². The number of esters is 1. The molecule has 1 amide bonds. The summed E-state index contributed by atoms with van der Waals surface area (Å²) in [7, 11) is 1.58. The van der Waals surface area contributed by atoms with Crippen molar-refractivity contribution in [1.29, 1.82) is 0 Å². The molecule has 0 spiro atoms. The molecule has 31 heavy (non-hydrogen) atoms. The minimum Gasteiger partial charge on any atom is -0.497 e. The van der Waals surface area contributed by atoms with E-state index in [1.165, 1.54) is 6.08 Å². The van der Waals surface area contributed by atoms with Crippen LogP contribution in [0.25, 0.3) is 17.1 Å². The molecule has 0 aliphatic heterocycles. The maximum absolute atomic E-state index is 12.1. The number of aromatic nitrogens is 2. The number of para-hydroxylation sites is 2. The highest BCUT2D eigenvalue weighted by atomic mass is 16.5. The van der Waals surface area contributed by atoms with E-state index >= 15 is 0 Å². The second-order valence-corrected chi connectivity index (χ2v) is 6.96. The van der Waals surface area contributed by atoms with Crippen LogP contribution in [0.3, 0.4) is 0 Å². The standard InChI is InChI=1S/C23H25N3O5/c1-16(24-21(27)13-10-17-8-11-18(30-2)12-9-17)22(28)31-15-5-14-26-20-7-4-3-6-19(20)25-23(26)29/h3-4,6-13,16H,5,14-15H2,1-2H3,(H,24,27)(H,25,29)/b13-10+/t16-/m0/s1. The maximum atomic E-state index is 12.1. The first-order chi connectivity index (χ1) is 15.0. The molecule has 0 aliphatic carbocycles. The molecule has 0 bridgehead atoms. The van der Waals surface area contributed by atoms with E-state index in [0.29, 0.717) is 13.0 Å². The molecule has 2 N–H and O–H groups in total. The number of rotatable bonds is 9. The number of nitrogens with one attached hydrogen (secondary N) is 2. The third kappa shape index (κ3) is 5.85. The van der Waals surface area contributed by atoms with Crippen molar-refractivity contribution in [2.45, 2.75) is 25.9 Å². The van der Waals surface area contributed by atoms with Gasteiger partial charge in [-0.05, 0) is 49.2 Å². The van der Waals surface area contributed by atoms with Gasteiger partial charge in [0.05, 0.1) is 24.8 Å². The smallest absolute Gasteiger partial charge is 0.328 e. The summed E-state index contributed by atoms with van der Waals surface area (Å²) in [5.41, 5.74) is 2.21. The third-order valence-corrected chi connectivity index (χ3v) is 4.71. The number of hydrogen-bond donors (Lipinski definition) is 2. The number of fused-ring (bicyclic) bond motifs is 1. The van der Waals surface area contributed by atoms with E-state index in [4.69, 9.17) is 9.47 Å². The van der Waals surface area contributed by atoms with Gasteiger partial charge in [0.25, 0.3) is 0 Å². The summed E-state index contributed by atoms with van der Waals surface area (Å²) in [5.74, 6) is -0.198. The summed E-state index contributed by atoms with van der Waals surface area (Å²) in [6.07, 6.45) is 3.48. The number of imidazole rings is 1. The Hall–Kier alpha value is -3.81. The van der Waals surface area contributed by atoms with Crippen LogP contribution in [0.5, 0.6) is 5.75 Å². The molecule has 8 heteroatoms. The molecule has 1 atom stereocenters. The van der Waals surface area contributed by atoms with Crippen molar-refractivity contribution in [1.82, 2.24) is 14.9 Å². The molecule has 0 radical (unpaired) electrons. The molecule has 8 nitrogen and oxygen atoms in total. The first kappa shape index (κ1) is 21.9. The highest BCUT2D eigenvalue weighted by Gasteiger charge is 2.16. The lowest BCUT2D eigenvalue weighted by Gasteiger charge is -2.12. The van der Waals surface area contributed by atoms with Gasteiger partial charge in [-0.3, -0.25) is 9.36 Å². The Morgan fingerprint density at radius 2 is 1.90 bits per heavy atom. The quantitative estimate of drug-likeness (QED) is 0.313. The van der Waals surface area contributed by atoms with Crippen molar-refractivity contribution in [3.05, 3.63) is 70.7 Å². The fraction of sp³-hybridized carbons (Fsp3) is 0.261. The summed E-state index contributed by atoms with van der Waals surface area (Å²) < 4.78 is 11.9. The van der Waals surface area contributed by atoms with Crippen LogP contribution >= 0.6 is 0 Å². The van der Waals surface area contributed by atoms with E-state index in [1.54, 1.807) is 36.8 Å². The average molecular weight is 423 g/mol. The molecular formula is C23H25N3O5. The van der Waals surface area contributed by atoms with Crippen molar-refractivity contribution in [2.24, 2.45) is 0 Å². The fourth-order valence-electron chi connectivity index (χ4n) is 3.06. The summed E-state index contributed by atoms with van der Waals surface area (Å²) in [4.78, 5) is 39.0. The molecule has 162 valence electrons. The minimum absolute atomic E-state index is 0.146. The van der Waals surface area contributed by atoms with Gasteiger partial charge in [0.15, 0.2) is 0 Å². The molecule has 0 fully saturated rings. The van der Waals surface area contributed by atoms with Crippen LogP contribution in [0.4, 0.5) is 0 Å². The van der Waals surface area contributed by atoms with Gasteiger partial charge in [0, 0.05) is 12.6 Å². The Kier molecular flexibility index (Phi) is 7.26. The Balaban J connectivity index is 1.42. The van der Waals surface area contributed by atoms with Crippen molar-refractivity contribution in [2.75, 3.05) is 13.7 Å². The Labute approximate surface area is 179 Å². The first-order valence-corrected chi connectivity index (χ1v) is 9.95. The van der Waals surface area contributed by atoms with Gasteiger partial charge in [0.1, 0.15) is 11.8 Å². The van der Waals surface area contributed by atoms with Crippen LogP contribution in [0, 0.1) is 0 Å². The second-order valence-electron chi connectivity index (χ2n) is 6.96. The zero-order valence-electron chi connectivity index (χ0n) is 17.5. The summed E-state index contributed by atoms with van der Waals surface area (Å²) in [6.45, 7) is 2.12. The maximum Gasteiger partial charge on any atom is 0.328 e. The highest BCUT2D eigenvalue weighted by molar-refractivity contribution is 5.94. The predicted molar refractivity (Wildman–Crippen MR) is 118 cm³/mol. The molecule has 1 heterocycles. The largest absolute Gasteiger partial charge is 0.497 e. The van der Waals surface area contributed by atoms with E-state index < -0.39 is 17.9 Å². The van der Waals surface area contributed by atoms with Gasteiger partial charge in [-0.15, -0.1) is 0 Å². The van der Waals surface area contributed by atoms with Crippen molar-refractivity contribution in [3.63, 3.8) is 0 Å². The zero-order chi connectivity index (χ0) is 22.2. The molecule has 1 aromatic heterocycles. The SMILES string of the molecule is COc1ccc(/C=C/C(=O)N[C@@H](C)C(=O)OCCCn2c(=O)[nH]c3ccccc32)cc1. The number of carbonyl (C=O) groups excluding carboxylic acids is 2. The first-order valence-electron chi connectivity index (χ1n) is 9.95. The number of hydrogen-bond acceptors (Lipinski definition) is 5. The van der Waals surface area contributed by atoms with Gasteiger partial charge in [0.2, 0.25) is 5.91 Å². The summed E-state index contributed by atoms with van der Waals surface area (Å²) in [5, 5.41) is 2.58. The average Bonchev–Trinajstić information content (AvgIpc) is 3.10. The lowest BCUT2D eigenvalue weighted by molar-refractivity contribution is -0.147. The lowest BCUT2D eigenvalue weighted by Crippen LogP contribution is -2.38. The fourth-order valence-corrected chi connectivity index (χ4v) is 3.06.